The van der Waals surface area contributed by atoms with E-state index < -0.39 is 0 Å². The number of piperidine rings is 1. The van der Waals surface area contributed by atoms with Crippen LogP contribution in [0.1, 0.15) is 53.4 Å². The number of nitrogens with zero attached hydrogens (tertiary/aromatic N) is 1. The molecule has 2 aliphatic heterocycles. The summed E-state index contributed by atoms with van der Waals surface area (Å²) in [4.78, 5) is 2.79. The highest BCUT2D eigenvalue weighted by Crippen LogP contribution is 2.36. The van der Waals surface area contributed by atoms with Crippen LogP contribution in [0.3, 0.4) is 0 Å². The molecule has 0 aromatic carbocycles. The van der Waals surface area contributed by atoms with E-state index in [2.05, 4.69) is 37.9 Å². The molecule has 4 atom stereocenters. The van der Waals surface area contributed by atoms with Crippen molar-refractivity contribution in [3.8, 4) is 0 Å². The molecule has 0 aliphatic carbocycles. The van der Waals surface area contributed by atoms with Gasteiger partial charge >= 0.3 is 0 Å². The van der Waals surface area contributed by atoms with Crippen molar-refractivity contribution in [3.05, 3.63) is 0 Å². The van der Waals surface area contributed by atoms with Crippen LogP contribution in [0.4, 0.5) is 0 Å². The van der Waals surface area contributed by atoms with E-state index in [1.807, 2.05) is 0 Å². The summed E-state index contributed by atoms with van der Waals surface area (Å²) in [7, 11) is 0. The first kappa shape index (κ1) is 14.3. The van der Waals surface area contributed by atoms with E-state index in [9.17, 15) is 0 Å². The fourth-order valence-electron chi connectivity index (χ4n) is 4.23. The first-order valence-electron chi connectivity index (χ1n) is 8.01. The SMILES string of the molecule is CCCC1(CN2CC(C)CC(C)C2C)CCNC1. The predicted molar refractivity (Wildman–Crippen MR) is 78.8 cm³/mol. The molecule has 2 fully saturated rings. The number of hydrogen-bond acceptors (Lipinski definition) is 2. The highest BCUT2D eigenvalue weighted by molar-refractivity contribution is 4.93. The lowest BCUT2D eigenvalue weighted by molar-refractivity contribution is 0.0382. The second-order valence-electron chi connectivity index (χ2n) is 7.16. The van der Waals surface area contributed by atoms with Gasteiger partial charge in [-0.05, 0) is 50.0 Å². The molecule has 106 valence electrons. The normalized spacial score (nSPS) is 42.3. The molecule has 0 bridgehead atoms. The fraction of sp³-hybridized carbons (Fsp3) is 1.00. The molecule has 2 saturated heterocycles. The molecule has 2 rings (SSSR count). The van der Waals surface area contributed by atoms with Crippen LogP contribution in [0.15, 0.2) is 0 Å². The van der Waals surface area contributed by atoms with E-state index in [0.29, 0.717) is 5.41 Å². The Labute approximate surface area is 114 Å². The third kappa shape index (κ3) is 3.08. The lowest BCUT2D eigenvalue weighted by Crippen LogP contribution is -2.50. The van der Waals surface area contributed by atoms with Crippen LogP contribution in [0.5, 0.6) is 0 Å². The third-order valence-electron chi connectivity index (χ3n) is 5.37. The van der Waals surface area contributed by atoms with Gasteiger partial charge in [0.1, 0.15) is 0 Å². The Morgan fingerprint density at radius 3 is 2.67 bits per heavy atom. The van der Waals surface area contributed by atoms with Gasteiger partial charge in [-0.2, -0.15) is 0 Å². The number of hydrogen-bond donors (Lipinski definition) is 1. The van der Waals surface area contributed by atoms with Gasteiger partial charge in [0.25, 0.3) is 0 Å². The van der Waals surface area contributed by atoms with Crippen molar-refractivity contribution >= 4 is 0 Å². The molecule has 0 spiro atoms. The van der Waals surface area contributed by atoms with Crippen LogP contribution in [0.25, 0.3) is 0 Å². The summed E-state index contributed by atoms with van der Waals surface area (Å²) < 4.78 is 0. The number of nitrogens with one attached hydrogen (secondary N) is 1. The van der Waals surface area contributed by atoms with Crippen molar-refractivity contribution in [1.82, 2.24) is 10.2 Å². The topological polar surface area (TPSA) is 15.3 Å². The van der Waals surface area contributed by atoms with Gasteiger partial charge < -0.3 is 5.32 Å². The van der Waals surface area contributed by atoms with Crippen molar-refractivity contribution in [2.45, 2.75) is 59.4 Å². The summed E-state index contributed by atoms with van der Waals surface area (Å²) in [6, 6.07) is 0.774. The predicted octanol–water partition coefficient (Wildman–Crippen LogP) is 3.13. The molecule has 2 aliphatic rings. The van der Waals surface area contributed by atoms with E-state index in [1.54, 1.807) is 0 Å². The smallest absolute Gasteiger partial charge is 0.00930 e. The van der Waals surface area contributed by atoms with Crippen molar-refractivity contribution in [2.75, 3.05) is 26.2 Å². The average Bonchev–Trinajstić information content (AvgIpc) is 2.74. The van der Waals surface area contributed by atoms with Gasteiger partial charge in [0.05, 0.1) is 0 Å². The molecular formula is C16H32N2. The lowest BCUT2D eigenvalue weighted by Gasteiger charge is -2.45. The lowest BCUT2D eigenvalue weighted by atomic mass is 9.79. The Morgan fingerprint density at radius 2 is 2.06 bits per heavy atom. The standard InChI is InChI=1S/C16H32N2/c1-5-6-16(7-8-17-11-16)12-18-10-13(2)9-14(3)15(18)4/h13-15,17H,5-12H2,1-4H3. The van der Waals surface area contributed by atoms with Crippen LogP contribution < -0.4 is 5.32 Å². The number of rotatable bonds is 4. The van der Waals surface area contributed by atoms with Crippen molar-refractivity contribution in [2.24, 2.45) is 17.3 Å². The monoisotopic (exact) mass is 252 g/mol. The van der Waals surface area contributed by atoms with Crippen molar-refractivity contribution < 1.29 is 0 Å². The van der Waals surface area contributed by atoms with Crippen LogP contribution in [-0.2, 0) is 0 Å². The second kappa shape index (κ2) is 5.92. The zero-order valence-corrected chi connectivity index (χ0v) is 12.8. The van der Waals surface area contributed by atoms with Crippen LogP contribution in [-0.4, -0.2) is 37.1 Å². The molecular weight excluding hydrogens is 220 g/mol. The maximum absolute atomic E-state index is 3.60. The zero-order valence-electron chi connectivity index (χ0n) is 12.8. The van der Waals surface area contributed by atoms with Crippen LogP contribution >= 0.6 is 0 Å². The Hall–Kier alpha value is -0.0800. The fourth-order valence-corrected chi connectivity index (χ4v) is 4.23. The first-order valence-corrected chi connectivity index (χ1v) is 8.01. The minimum atomic E-state index is 0.569. The molecule has 2 heteroatoms. The Bertz CT molecular complexity index is 258. The molecule has 0 radical (unpaired) electrons. The molecule has 0 amide bonds. The third-order valence-corrected chi connectivity index (χ3v) is 5.37. The molecule has 18 heavy (non-hydrogen) atoms. The summed E-state index contributed by atoms with van der Waals surface area (Å²) in [5, 5.41) is 3.60. The highest BCUT2D eigenvalue weighted by Gasteiger charge is 2.38. The van der Waals surface area contributed by atoms with E-state index in [1.165, 1.54) is 51.9 Å². The quantitative estimate of drug-likeness (QED) is 0.827. The maximum atomic E-state index is 3.60. The largest absolute Gasteiger partial charge is 0.316 e. The van der Waals surface area contributed by atoms with E-state index in [-0.39, 0.29) is 0 Å². The van der Waals surface area contributed by atoms with Gasteiger partial charge in [-0.15, -0.1) is 0 Å². The molecule has 0 aromatic rings. The second-order valence-corrected chi connectivity index (χ2v) is 7.16. The summed E-state index contributed by atoms with van der Waals surface area (Å²) >= 11 is 0. The first-order chi connectivity index (χ1) is 8.56. The summed E-state index contributed by atoms with van der Waals surface area (Å²) in [6.07, 6.45) is 5.52. The Kier molecular flexibility index (Phi) is 4.71. The summed E-state index contributed by atoms with van der Waals surface area (Å²) in [5.74, 6) is 1.74. The Morgan fingerprint density at radius 1 is 1.28 bits per heavy atom. The van der Waals surface area contributed by atoms with Gasteiger partial charge in [-0.1, -0.05) is 27.2 Å². The van der Waals surface area contributed by atoms with E-state index >= 15 is 0 Å². The molecule has 2 heterocycles. The van der Waals surface area contributed by atoms with Gasteiger partial charge in [0.2, 0.25) is 0 Å². The minimum Gasteiger partial charge on any atom is -0.316 e. The minimum absolute atomic E-state index is 0.569. The summed E-state index contributed by atoms with van der Waals surface area (Å²) in [5.41, 5.74) is 0.569. The summed E-state index contributed by atoms with van der Waals surface area (Å²) in [6.45, 7) is 14.8. The zero-order chi connectivity index (χ0) is 13.2. The molecule has 0 saturated carbocycles. The highest BCUT2D eigenvalue weighted by atomic mass is 15.2. The van der Waals surface area contributed by atoms with Gasteiger partial charge in [0, 0.05) is 25.7 Å². The van der Waals surface area contributed by atoms with E-state index in [4.69, 9.17) is 0 Å². The van der Waals surface area contributed by atoms with Gasteiger partial charge in [-0.3, -0.25) is 4.90 Å². The van der Waals surface area contributed by atoms with Gasteiger partial charge in [0.15, 0.2) is 0 Å². The maximum Gasteiger partial charge on any atom is 0.00930 e. The van der Waals surface area contributed by atoms with Crippen LogP contribution in [0.2, 0.25) is 0 Å². The molecule has 1 N–H and O–H groups in total. The molecule has 4 unspecified atom stereocenters. The van der Waals surface area contributed by atoms with Crippen molar-refractivity contribution in [1.29, 1.82) is 0 Å². The van der Waals surface area contributed by atoms with E-state index in [0.717, 1.165) is 17.9 Å². The molecule has 2 nitrogen and oxygen atoms in total. The van der Waals surface area contributed by atoms with Gasteiger partial charge in [-0.25, -0.2) is 0 Å². The Balaban J connectivity index is 2.01. The molecule has 0 aromatic heterocycles. The van der Waals surface area contributed by atoms with Crippen LogP contribution in [0, 0.1) is 17.3 Å². The van der Waals surface area contributed by atoms with Crippen molar-refractivity contribution in [3.63, 3.8) is 0 Å². The number of likely N-dealkylation sites (tertiary alicyclic amines) is 1. The average molecular weight is 252 g/mol.